The van der Waals surface area contributed by atoms with Gasteiger partial charge in [0.2, 0.25) is 0 Å². The van der Waals surface area contributed by atoms with E-state index in [1.54, 1.807) is 11.1 Å². The van der Waals surface area contributed by atoms with Gasteiger partial charge < -0.3 is 0 Å². The lowest BCUT2D eigenvalue weighted by Gasteiger charge is -2.28. The average Bonchev–Trinajstić information content (AvgIpc) is 3.12. The molecule has 1 nitrogen and oxygen atoms in total. The molecule has 4 rings (SSSR count). The fourth-order valence-corrected chi connectivity index (χ4v) is 5.85. The summed E-state index contributed by atoms with van der Waals surface area (Å²) in [5, 5.41) is 0. The van der Waals surface area contributed by atoms with E-state index in [9.17, 15) is 0 Å². The van der Waals surface area contributed by atoms with Gasteiger partial charge in [0.15, 0.2) is 0 Å². The molecule has 4 unspecified atom stereocenters. The molecule has 0 radical (unpaired) electrons. The van der Waals surface area contributed by atoms with Gasteiger partial charge in [-0.25, -0.2) is 0 Å². The van der Waals surface area contributed by atoms with Crippen molar-refractivity contribution >= 4 is 17.5 Å². The zero-order chi connectivity index (χ0) is 16.0. The van der Waals surface area contributed by atoms with E-state index in [0.29, 0.717) is 17.3 Å². The number of thioether (sulfide) groups is 1. The van der Waals surface area contributed by atoms with Crippen molar-refractivity contribution in [2.45, 2.75) is 39.5 Å². The van der Waals surface area contributed by atoms with E-state index >= 15 is 0 Å². The highest BCUT2D eigenvalue weighted by atomic mass is 32.2. The highest BCUT2D eigenvalue weighted by Gasteiger charge is 2.55. The highest BCUT2D eigenvalue weighted by molar-refractivity contribution is 7.99. The minimum Gasteiger partial charge on any atom is -0.257 e. The Hall–Kier alpha value is -1.02. The van der Waals surface area contributed by atoms with Gasteiger partial charge in [-0.15, -0.1) is 0 Å². The summed E-state index contributed by atoms with van der Waals surface area (Å²) in [5.41, 5.74) is 6.09. The minimum absolute atomic E-state index is 0. The Balaban J connectivity index is 0.00000169. The normalized spacial score (nSPS) is 39.0. The number of hydrogen-bond donors (Lipinski definition) is 0. The summed E-state index contributed by atoms with van der Waals surface area (Å²) in [7, 11) is 0. The largest absolute Gasteiger partial charge is 0.257 e. The van der Waals surface area contributed by atoms with Gasteiger partial charge in [0.1, 0.15) is 0 Å². The van der Waals surface area contributed by atoms with Crippen LogP contribution in [0.1, 0.15) is 41.0 Å². The maximum Gasteiger partial charge on any atom is 0.0634 e. The molecule has 0 spiro atoms. The summed E-state index contributed by atoms with van der Waals surface area (Å²) in [6.45, 7) is 8.54. The Morgan fingerprint density at radius 1 is 1.52 bits per heavy atom. The lowest BCUT2D eigenvalue weighted by molar-refractivity contribution is 0.455. The first kappa shape index (κ1) is 15.5. The molecule has 0 aromatic rings. The van der Waals surface area contributed by atoms with Gasteiger partial charge in [0.05, 0.1) is 5.70 Å². The molecular formula is C21H29NS. The fraction of sp³-hybridized carbons (Fsp3) is 0.571. The Morgan fingerprint density at radius 2 is 2.39 bits per heavy atom. The van der Waals surface area contributed by atoms with Crippen LogP contribution in [0.2, 0.25) is 0 Å². The third-order valence-electron chi connectivity index (χ3n) is 6.21. The van der Waals surface area contributed by atoms with Gasteiger partial charge in [-0.3, -0.25) is 4.99 Å². The van der Waals surface area contributed by atoms with Crippen LogP contribution >= 0.6 is 11.8 Å². The van der Waals surface area contributed by atoms with Crippen molar-refractivity contribution < 1.29 is 1.43 Å². The summed E-state index contributed by atoms with van der Waals surface area (Å²) in [5.74, 6) is 4.81. The predicted molar refractivity (Wildman–Crippen MR) is 104 cm³/mol. The van der Waals surface area contributed by atoms with E-state index in [1.165, 1.54) is 48.6 Å². The van der Waals surface area contributed by atoms with Gasteiger partial charge in [-0.2, -0.15) is 11.8 Å². The standard InChI is InChI=1S/C21H27NS.H2/c1-4-5-8-18-20-17(10-15-7-6-9-23-13-15)14(2)22-19(20)11-16-12-21(16,18)3;/h4-5,8,11,15-17H,1,6-7,9-10,12-13H2,2-3H3;1H/b8-5-;. The molecule has 0 aromatic carbocycles. The number of hydrogen-bond acceptors (Lipinski definition) is 2. The molecule has 2 aliphatic heterocycles. The predicted octanol–water partition coefficient (Wildman–Crippen LogP) is 5.82. The van der Waals surface area contributed by atoms with Crippen LogP contribution in [0.15, 0.2) is 52.7 Å². The highest BCUT2D eigenvalue weighted by Crippen LogP contribution is 2.64. The topological polar surface area (TPSA) is 12.4 Å². The van der Waals surface area contributed by atoms with Gasteiger partial charge in [0.25, 0.3) is 0 Å². The molecule has 124 valence electrons. The molecule has 0 bridgehead atoms. The second kappa shape index (κ2) is 5.81. The molecular weight excluding hydrogens is 298 g/mol. The molecule has 2 aliphatic carbocycles. The number of allylic oxidation sites excluding steroid dienone is 6. The second-order valence-corrected chi connectivity index (χ2v) is 8.98. The van der Waals surface area contributed by atoms with Crippen molar-refractivity contribution in [1.82, 2.24) is 0 Å². The van der Waals surface area contributed by atoms with Crippen molar-refractivity contribution in [2.75, 3.05) is 11.5 Å². The van der Waals surface area contributed by atoms with Crippen LogP contribution in [0.25, 0.3) is 0 Å². The van der Waals surface area contributed by atoms with Crippen LogP contribution < -0.4 is 0 Å². The Bertz CT molecular complexity index is 651. The molecule has 4 atom stereocenters. The smallest absolute Gasteiger partial charge is 0.0634 e. The monoisotopic (exact) mass is 327 g/mol. The molecule has 2 fully saturated rings. The zero-order valence-electron chi connectivity index (χ0n) is 14.3. The Morgan fingerprint density at radius 3 is 3.13 bits per heavy atom. The van der Waals surface area contributed by atoms with Crippen molar-refractivity contribution in [3.8, 4) is 0 Å². The van der Waals surface area contributed by atoms with E-state index in [2.05, 4.69) is 50.4 Å². The molecule has 1 saturated carbocycles. The quantitative estimate of drug-likeness (QED) is 0.593. The lowest BCUT2D eigenvalue weighted by Crippen LogP contribution is -2.21. The van der Waals surface area contributed by atoms with Gasteiger partial charge in [-0.1, -0.05) is 37.8 Å². The third kappa shape index (κ3) is 2.59. The van der Waals surface area contributed by atoms with Crippen molar-refractivity contribution in [1.29, 1.82) is 0 Å². The molecule has 2 heterocycles. The first-order valence-corrected chi connectivity index (χ1v) is 10.2. The van der Waals surface area contributed by atoms with E-state index in [0.717, 1.165) is 5.92 Å². The number of fused-ring (bicyclic) bond motifs is 2. The van der Waals surface area contributed by atoms with Gasteiger partial charge >= 0.3 is 0 Å². The second-order valence-electron chi connectivity index (χ2n) is 7.83. The number of aliphatic imine (C=N–C) groups is 1. The van der Waals surface area contributed by atoms with Gasteiger partial charge in [-0.05, 0) is 72.5 Å². The molecule has 1 saturated heterocycles. The molecule has 0 aromatic heterocycles. The minimum atomic E-state index is 0. The lowest BCUT2D eigenvalue weighted by atomic mass is 9.77. The Labute approximate surface area is 146 Å². The first-order chi connectivity index (χ1) is 11.1. The third-order valence-corrected chi connectivity index (χ3v) is 7.50. The van der Waals surface area contributed by atoms with E-state index in [1.807, 2.05) is 6.08 Å². The molecule has 2 heteroatoms. The van der Waals surface area contributed by atoms with E-state index < -0.39 is 0 Å². The summed E-state index contributed by atoms with van der Waals surface area (Å²) in [4.78, 5) is 4.98. The van der Waals surface area contributed by atoms with E-state index in [4.69, 9.17) is 4.99 Å². The van der Waals surface area contributed by atoms with Crippen LogP contribution in [0.5, 0.6) is 0 Å². The summed E-state index contributed by atoms with van der Waals surface area (Å²) in [6, 6.07) is 0. The van der Waals surface area contributed by atoms with E-state index in [-0.39, 0.29) is 1.43 Å². The SMILES string of the molecule is C=C/C=C\C1=C2C(=CC3CC13C)N=C(C)C2CC1CCCSC1.[HH]. The average molecular weight is 328 g/mol. The van der Waals surface area contributed by atoms with Crippen molar-refractivity contribution in [3.63, 3.8) is 0 Å². The summed E-state index contributed by atoms with van der Waals surface area (Å²) in [6.07, 6.45) is 14.2. The molecule has 4 aliphatic rings. The Kier molecular flexibility index (Phi) is 3.91. The fourth-order valence-electron chi connectivity index (χ4n) is 4.68. The zero-order valence-corrected chi connectivity index (χ0v) is 15.2. The van der Waals surface area contributed by atoms with Crippen LogP contribution in [0.4, 0.5) is 0 Å². The number of nitrogens with zero attached hydrogens (tertiary/aromatic N) is 1. The molecule has 0 amide bonds. The van der Waals surface area contributed by atoms with Gasteiger partial charge in [0, 0.05) is 13.1 Å². The number of rotatable bonds is 4. The van der Waals surface area contributed by atoms with Crippen LogP contribution in [0.3, 0.4) is 0 Å². The summed E-state index contributed by atoms with van der Waals surface area (Å²) < 4.78 is 0. The summed E-state index contributed by atoms with van der Waals surface area (Å²) >= 11 is 2.14. The van der Waals surface area contributed by atoms with Crippen LogP contribution in [0, 0.1) is 23.2 Å². The molecule has 23 heavy (non-hydrogen) atoms. The maximum atomic E-state index is 4.98. The van der Waals surface area contributed by atoms with Crippen LogP contribution in [-0.4, -0.2) is 17.2 Å². The van der Waals surface area contributed by atoms with Crippen LogP contribution in [-0.2, 0) is 0 Å². The van der Waals surface area contributed by atoms with Crippen molar-refractivity contribution in [2.24, 2.45) is 28.2 Å². The maximum absolute atomic E-state index is 4.98. The molecule has 0 N–H and O–H groups in total. The van der Waals surface area contributed by atoms with Crippen molar-refractivity contribution in [3.05, 3.63) is 47.7 Å². The first-order valence-electron chi connectivity index (χ1n) is 9.02.